The fraction of sp³-hybridized carbons (Fsp3) is 0.190. The third-order valence-corrected chi connectivity index (χ3v) is 6.01. The van der Waals surface area contributed by atoms with Crippen LogP contribution in [0.2, 0.25) is 0 Å². The Kier molecular flexibility index (Phi) is 5.56. The third-order valence-electron chi connectivity index (χ3n) is 4.47. The maximum absolute atomic E-state index is 12.7. The summed E-state index contributed by atoms with van der Waals surface area (Å²) in [6, 6.07) is 14.3. The van der Waals surface area contributed by atoms with Crippen LogP contribution in [0.3, 0.4) is 0 Å². The van der Waals surface area contributed by atoms with Crippen molar-refractivity contribution in [3.8, 4) is 5.75 Å². The zero-order valence-electron chi connectivity index (χ0n) is 16.3. The maximum Gasteiger partial charge on any atom is 0.262 e. The van der Waals surface area contributed by atoms with Crippen LogP contribution in [0.1, 0.15) is 16.7 Å². The molecule has 1 aromatic heterocycles. The minimum Gasteiger partial charge on any atom is -0.497 e. The molecule has 0 radical (unpaired) electrons. The van der Waals surface area contributed by atoms with Gasteiger partial charge in [0.25, 0.3) is 10.0 Å². The Hall–Kier alpha value is -3.06. The van der Waals surface area contributed by atoms with E-state index in [1.807, 2.05) is 25.1 Å². The molecule has 0 unspecified atom stereocenters. The number of benzene rings is 2. The second-order valence-electron chi connectivity index (χ2n) is 6.59. The summed E-state index contributed by atoms with van der Waals surface area (Å²) < 4.78 is 33.0. The number of rotatable bonds is 6. The summed E-state index contributed by atoms with van der Waals surface area (Å²) in [5, 5.41) is 3.21. The monoisotopic (exact) mass is 397 g/mol. The van der Waals surface area contributed by atoms with E-state index in [2.05, 4.69) is 21.9 Å². The molecule has 3 rings (SSSR count). The smallest absolute Gasteiger partial charge is 0.262 e. The molecule has 0 aliphatic carbocycles. The molecule has 0 bridgehead atoms. The van der Waals surface area contributed by atoms with Gasteiger partial charge in [-0.1, -0.05) is 6.07 Å². The van der Waals surface area contributed by atoms with Gasteiger partial charge in [0.15, 0.2) is 0 Å². The van der Waals surface area contributed by atoms with Crippen molar-refractivity contribution in [3.05, 3.63) is 71.4 Å². The molecule has 1 heterocycles. The van der Waals surface area contributed by atoms with Gasteiger partial charge in [0.05, 0.1) is 23.9 Å². The molecule has 3 aromatic rings. The van der Waals surface area contributed by atoms with Gasteiger partial charge in [-0.05, 0) is 79.9 Å². The quantitative estimate of drug-likeness (QED) is 0.637. The molecule has 0 aliphatic rings. The molecule has 0 aliphatic heterocycles. The van der Waals surface area contributed by atoms with Crippen LogP contribution in [0, 0.1) is 20.8 Å². The summed E-state index contributed by atoms with van der Waals surface area (Å²) in [5.41, 5.74) is 4.33. The van der Waals surface area contributed by atoms with Crippen LogP contribution < -0.4 is 14.8 Å². The number of methoxy groups -OCH3 is 1. The normalized spacial score (nSPS) is 11.1. The molecule has 0 spiro atoms. The second-order valence-corrected chi connectivity index (χ2v) is 8.24. The maximum atomic E-state index is 12.7. The average Bonchev–Trinajstić information content (AvgIpc) is 2.65. The van der Waals surface area contributed by atoms with Crippen molar-refractivity contribution in [2.24, 2.45) is 0 Å². The van der Waals surface area contributed by atoms with Crippen molar-refractivity contribution in [2.45, 2.75) is 25.7 Å². The molecule has 28 heavy (non-hydrogen) atoms. The van der Waals surface area contributed by atoms with Crippen molar-refractivity contribution >= 4 is 27.2 Å². The van der Waals surface area contributed by atoms with E-state index in [1.165, 1.54) is 23.4 Å². The minimum absolute atomic E-state index is 0.200. The Morgan fingerprint density at radius 3 is 2.21 bits per heavy atom. The lowest BCUT2D eigenvalue weighted by Crippen LogP contribution is -2.14. The molecule has 2 N–H and O–H groups in total. The first kappa shape index (κ1) is 19.7. The van der Waals surface area contributed by atoms with E-state index in [0.717, 1.165) is 5.69 Å². The molecular formula is C21H23N3O3S. The highest BCUT2D eigenvalue weighted by molar-refractivity contribution is 7.92. The number of nitrogens with zero attached hydrogens (tertiary/aromatic N) is 1. The first-order valence-electron chi connectivity index (χ1n) is 8.76. The number of aryl methyl sites for hydroxylation is 3. The van der Waals surface area contributed by atoms with Gasteiger partial charge in [0.2, 0.25) is 0 Å². The fourth-order valence-electron chi connectivity index (χ4n) is 2.76. The van der Waals surface area contributed by atoms with E-state index in [4.69, 9.17) is 4.74 Å². The van der Waals surface area contributed by atoms with Gasteiger partial charge >= 0.3 is 0 Å². The van der Waals surface area contributed by atoms with Gasteiger partial charge in [-0.15, -0.1) is 0 Å². The molecule has 0 fully saturated rings. The van der Waals surface area contributed by atoms with Gasteiger partial charge in [0, 0.05) is 5.69 Å². The number of anilines is 3. The van der Waals surface area contributed by atoms with Crippen LogP contribution in [-0.2, 0) is 10.0 Å². The molecule has 7 heteroatoms. The molecular weight excluding hydrogens is 374 g/mol. The summed E-state index contributed by atoms with van der Waals surface area (Å²) in [6.07, 6.45) is 1.49. The number of ether oxygens (including phenoxy) is 1. The van der Waals surface area contributed by atoms with Gasteiger partial charge in [0.1, 0.15) is 11.6 Å². The molecule has 146 valence electrons. The zero-order chi connectivity index (χ0) is 20.3. The lowest BCUT2D eigenvalue weighted by molar-refractivity contribution is 0.414. The molecule has 2 aromatic carbocycles. The fourth-order valence-corrected chi connectivity index (χ4v) is 4.03. The number of hydrogen-bond donors (Lipinski definition) is 2. The molecule has 0 amide bonds. The van der Waals surface area contributed by atoms with Gasteiger partial charge in [-0.3, -0.25) is 4.72 Å². The Bertz CT molecular complexity index is 1090. The summed E-state index contributed by atoms with van der Waals surface area (Å²) in [5.74, 6) is 1.24. The summed E-state index contributed by atoms with van der Waals surface area (Å²) in [7, 11) is -2.18. The second kappa shape index (κ2) is 7.90. The Morgan fingerprint density at radius 2 is 1.61 bits per heavy atom. The minimum atomic E-state index is -3.72. The lowest BCUT2D eigenvalue weighted by Gasteiger charge is -2.12. The average molecular weight is 398 g/mol. The van der Waals surface area contributed by atoms with Crippen molar-refractivity contribution in [3.63, 3.8) is 0 Å². The number of hydrogen-bond acceptors (Lipinski definition) is 5. The molecule has 0 saturated carbocycles. The van der Waals surface area contributed by atoms with Crippen LogP contribution in [0.5, 0.6) is 5.75 Å². The molecule has 0 atom stereocenters. The SMILES string of the molecule is COc1ccc(S(=O)(=O)Nc2ccc(Nc3ccc(C)c(C)c3)nc2)c(C)c1. The largest absolute Gasteiger partial charge is 0.497 e. The Balaban J connectivity index is 1.75. The standard InChI is InChI=1S/C21H23N3O3S/c1-14-5-6-17(11-15(14)2)23-21-10-7-18(13-22-21)24-28(25,26)20-9-8-19(27-4)12-16(20)3/h5-13,24H,1-4H3,(H,22,23). The van der Waals surface area contributed by atoms with Crippen LogP contribution in [0.4, 0.5) is 17.2 Å². The third kappa shape index (κ3) is 4.43. The van der Waals surface area contributed by atoms with Crippen LogP contribution in [-0.4, -0.2) is 20.5 Å². The predicted octanol–water partition coefficient (Wildman–Crippen LogP) is 4.56. The van der Waals surface area contributed by atoms with E-state index in [9.17, 15) is 8.42 Å². The van der Waals surface area contributed by atoms with Crippen LogP contribution in [0.15, 0.2) is 59.6 Å². The van der Waals surface area contributed by atoms with Gasteiger partial charge in [-0.25, -0.2) is 13.4 Å². The Labute approximate surface area is 165 Å². The number of sulfonamides is 1. The highest BCUT2D eigenvalue weighted by Crippen LogP contribution is 2.24. The molecule has 6 nitrogen and oxygen atoms in total. The summed E-state index contributed by atoms with van der Waals surface area (Å²) in [4.78, 5) is 4.50. The van der Waals surface area contributed by atoms with Crippen LogP contribution >= 0.6 is 0 Å². The first-order valence-corrected chi connectivity index (χ1v) is 10.2. The van der Waals surface area contributed by atoms with Crippen molar-refractivity contribution in [1.29, 1.82) is 0 Å². The van der Waals surface area contributed by atoms with Gasteiger partial charge in [-0.2, -0.15) is 0 Å². The number of aromatic nitrogens is 1. The van der Waals surface area contributed by atoms with Crippen molar-refractivity contribution < 1.29 is 13.2 Å². The lowest BCUT2D eigenvalue weighted by atomic mass is 10.1. The van der Waals surface area contributed by atoms with E-state index < -0.39 is 10.0 Å². The van der Waals surface area contributed by atoms with Crippen molar-refractivity contribution in [1.82, 2.24) is 4.98 Å². The van der Waals surface area contributed by atoms with E-state index in [-0.39, 0.29) is 4.90 Å². The number of nitrogens with one attached hydrogen (secondary N) is 2. The summed E-state index contributed by atoms with van der Waals surface area (Å²) in [6.45, 7) is 5.84. The predicted molar refractivity (Wildman–Crippen MR) is 112 cm³/mol. The highest BCUT2D eigenvalue weighted by atomic mass is 32.2. The summed E-state index contributed by atoms with van der Waals surface area (Å²) >= 11 is 0. The van der Waals surface area contributed by atoms with Crippen LogP contribution in [0.25, 0.3) is 0 Å². The van der Waals surface area contributed by atoms with E-state index in [0.29, 0.717) is 22.8 Å². The molecule has 0 saturated heterocycles. The Morgan fingerprint density at radius 1 is 0.857 bits per heavy atom. The zero-order valence-corrected chi connectivity index (χ0v) is 17.1. The number of pyridine rings is 1. The highest BCUT2D eigenvalue weighted by Gasteiger charge is 2.17. The first-order chi connectivity index (χ1) is 13.3. The van der Waals surface area contributed by atoms with E-state index in [1.54, 1.807) is 38.3 Å². The van der Waals surface area contributed by atoms with E-state index >= 15 is 0 Å². The van der Waals surface area contributed by atoms with Gasteiger partial charge < -0.3 is 10.1 Å². The topological polar surface area (TPSA) is 80.3 Å². The van der Waals surface area contributed by atoms with Crippen molar-refractivity contribution in [2.75, 3.05) is 17.1 Å².